The lowest BCUT2D eigenvalue weighted by molar-refractivity contribution is 0.174. The summed E-state index contributed by atoms with van der Waals surface area (Å²) in [5, 5.41) is 12.2. The van der Waals surface area contributed by atoms with E-state index in [9.17, 15) is 4.39 Å². The SMILES string of the molecule is Oc1ccc(NCc2ccc3c(c2)OCO3)cc1F. The Balaban J connectivity index is 1.70. The van der Waals surface area contributed by atoms with E-state index in [0.717, 1.165) is 17.1 Å². The molecule has 19 heavy (non-hydrogen) atoms. The van der Waals surface area contributed by atoms with Gasteiger partial charge in [0.1, 0.15) is 0 Å². The molecule has 1 aliphatic rings. The van der Waals surface area contributed by atoms with Gasteiger partial charge in [-0.15, -0.1) is 0 Å². The topological polar surface area (TPSA) is 50.7 Å². The number of hydrogen-bond acceptors (Lipinski definition) is 4. The van der Waals surface area contributed by atoms with E-state index >= 15 is 0 Å². The highest BCUT2D eigenvalue weighted by molar-refractivity contribution is 5.49. The molecular weight excluding hydrogens is 249 g/mol. The Morgan fingerprint density at radius 2 is 1.95 bits per heavy atom. The number of benzene rings is 2. The molecule has 0 saturated heterocycles. The first-order chi connectivity index (χ1) is 9.22. The van der Waals surface area contributed by atoms with E-state index in [1.807, 2.05) is 18.2 Å². The third kappa shape index (κ3) is 2.40. The molecule has 2 aromatic rings. The predicted molar refractivity (Wildman–Crippen MR) is 68.0 cm³/mol. The van der Waals surface area contributed by atoms with Gasteiger partial charge in [-0.05, 0) is 29.8 Å². The highest BCUT2D eigenvalue weighted by atomic mass is 19.1. The molecule has 0 aromatic heterocycles. The van der Waals surface area contributed by atoms with Crippen LogP contribution in [0.5, 0.6) is 17.2 Å². The summed E-state index contributed by atoms with van der Waals surface area (Å²) in [6.07, 6.45) is 0. The normalized spacial score (nSPS) is 12.5. The molecule has 0 radical (unpaired) electrons. The molecule has 1 aliphatic heterocycles. The van der Waals surface area contributed by atoms with Gasteiger partial charge in [-0.1, -0.05) is 6.07 Å². The first kappa shape index (κ1) is 11.6. The van der Waals surface area contributed by atoms with Crippen molar-refractivity contribution in [3.63, 3.8) is 0 Å². The van der Waals surface area contributed by atoms with Gasteiger partial charge < -0.3 is 19.9 Å². The summed E-state index contributed by atoms with van der Waals surface area (Å²) in [4.78, 5) is 0. The molecule has 0 unspecified atom stereocenters. The fourth-order valence-corrected chi connectivity index (χ4v) is 1.87. The molecule has 2 N–H and O–H groups in total. The van der Waals surface area contributed by atoms with Crippen LogP contribution in [-0.2, 0) is 6.54 Å². The van der Waals surface area contributed by atoms with Crippen molar-refractivity contribution in [2.45, 2.75) is 6.54 Å². The molecule has 0 saturated carbocycles. The molecule has 3 rings (SSSR count). The van der Waals surface area contributed by atoms with Crippen LogP contribution in [-0.4, -0.2) is 11.9 Å². The minimum Gasteiger partial charge on any atom is -0.505 e. The Kier molecular flexibility index (Phi) is 2.87. The zero-order valence-electron chi connectivity index (χ0n) is 10.0. The minimum atomic E-state index is -0.643. The summed E-state index contributed by atoms with van der Waals surface area (Å²) in [7, 11) is 0. The molecule has 0 atom stereocenters. The number of phenols is 1. The summed E-state index contributed by atoms with van der Waals surface area (Å²) >= 11 is 0. The Morgan fingerprint density at radius 3 is 2.79 bits per heavy atom. The predicted octanol–water partition coefficient (Wildman–Crippen LogP) is 2.87. The highest BCUT2D eigenvalue weighted by Crippen LogP contribution is 2.32. The van der Waals surface area contributed by atoms with Crippen molar-refractivity contribution in [1.82, 2.24) is 0 Å². The Bertz CT molecular complexity index is 616. The van der Waals surface area contributed by atoms with E-state index in [-0.39, 0.29) is 12.5 Å². The van der Waals surface area contributed by atoms with E-state index in [0.29, 0.717) is 12.2 Å². The van der Waals surface area contributed by atoms with Crippen LogP contribution in [0.15, 0.2) is 36.4 Å². The van der Waals surface area contributed by atoms with Gasteiger partial charge in [0, 0.05) is 18.3 Å². The van der Waals surface area contributed by atoms with E-state index in [2.05, 4.69) is 5.32 Å². The number of fused-ring (bicyclic) bond motifs is 1. The molecule has 4 nitrogen and oxygen atoms in total. The lowest BCUT2D eigenvalue weighted by Crippen LogP contribution is -1.99. The number of nitrogens with one attached hydrogen (secondary N) is 1. The Morgan fingerprint density at radius 1 is 1.11 bits per heavy atom. The first-order valence-electron chi connectivity index (χ1n) is 5.83. The standard InChI is InChI=1S/C14H12FNO3/c15-11-6-10(2-3-12(11)17)16-7-9-1-4-13-14(5-9)19-8-18-13/h1-6,16-17H,7-8H2. The van der Waals surface area contributed by atoms with Crippen molar-refractivity contribution in [2.75, 3.05) is 12.1 Å². The second-order valence-electron chi connectivity index (χ2n) is 4.21. The van der Waals surface area contributed by atoms with Gasteiger partial charge in [-0.2, -0.15) is 0 Å². The van der Waals surface area contributed by atoms with Crippen molar-refractivity contribution in [3.8, 4) is 17.2 Å². The van der Waals surface area contributed by atoms with Gasteiger partial charge in [-0.25, -0.2) is 4.39 Å². The fraction of sp³-hybridized carbons (Fsp3) is 0.143. The van der Waals surface area contributed by atoms with Crippen molar-refractivity contribution < 1.29 is 19.0 Å². The monoisotopic (exact) mass is 261 g/mol. The van der Waals surface area contributed by atoms with Gasteiger partial charge in [0.15, 0.2) is 23.1 Å². The van der Waals surface area contributed by atoms with Crippen LogP contribution in [0, 0.1) is 5.82 Å². The van der Waals surface area contributed by atoms with Gasteiger partial charge in [0.25, 0.3) is 0 Å². The van der Waals surface area contributed by atoms with Gasteiger partial charge >= 0.3 is 0 Å². The maximum Gasteiger partial charge on any atom is 0.231 e. The van der Waals surface area contributed by atoms with Crippen molar-refractivity contribution >= 4 is 5.69 Å². The Hall–Kier alpha value is -2.43. The number of halogens is 1. The number of anilines is 1. The summed E-state index contributed by atoms with van der Waals surface area (Å²) in [6, 6.07) is 9.82. The van der Waals surface area contributed by atoms with Crippen molar-refractivity contribution in [2.24, 2.45) is 0 Å². The summed E-state index contributed by atoms with van der Waals surface area (Å²) < 4.78 is 23.7. The maximum atomic E-state index is 13.2. The van der Waals surface area contributed by atoms with E-state index in [1.165, 1.54) is 12.1 Å². The van der Waals surface area contributed by atoms with Crippen LogP contribution in [0.25, 0.3) is 0 Å². The summed E-state index contributed by atoms with van der Waals surface area (Å²) in [6.45, 7) is 0.774. The largest absolute Gasteiger partial charge is 0.505 e. The quantitative estimate of drug-likeness (QED) is 0.834. The zero-order valence-corrected chi connectivity index (χ0v) is 10.0. The summed E-state index contributed by atoms with van der Waals surface area (Å²) in [5.74, 6) is 0.458. The van der Waals surface area contributed by atoms with Crippen molar-refractivity contribution in [3.05, 3.63) is 47.8 Å². The molecule has 5 heteroatoms. The fourth-order valence-electron chi connectivity index (χ4n) is 1.87. The van der Waals surface area contributed by atoms with Crippen LogP contribution >= 0.6 is 0 Å². The average molecular weight is 261 g/mol. The third-order valence-corrected chi connectivity index (χ3v) is 2.88. The second kappa shape index (κ2) is 4.68. The number of hydrogen-bond donors (Lipinski definition) is 2. The molecule has 98 valence electrons. The molecular formula is C14H12FNO3. The molecule has 0 fully saturated rings. The lowest BCUT2D eigenvalue weighted by Gasteiger charge is -2.08. The van der Waals surface area contributed by atoms with E-state index in [1.54, 1.807) is 6.07 Å². The smallest absolute Gasteiger partial charge is 0.231 e. The third-order valence-electron chi connectivity index (χ3n) is 2.88. The highest BCUT2D eigenvalue weighted by Gasteiger charge is 2.12. The van der Waals surface area contributed by atoms with E-state index in [4.69, 9.17) is 14.6 Å². The number of ether oxygens (including phenoxy) is 2. The minimum absolute atomic E-state index is 0.245. The maximum absolute atomic E-state index is 13.2. The van der Waals surface area contributed by atoms with Crippen LogP contribution in [0.2, 0.25) is 0 Å². The molecule has 0 amide bonds. The van der Waals surface area contributed by atoms with Crippen LogP contribution in [0.1, 0.15) is 5.56 Å². The molecule has 0 bridgehead atoms. The second-order valence-corrected chi connectivity index (χ2v) is 4.21. The Labute approximate surface area is 109 Å². The van der Waals surface area contributed by atoms with Crippen LogP contribution in [0.3, 0.4) is 0 Å². The molecule has 0 spiro atoms. The van der Waals surface area contributed by atoms with Crippen LogP contribution < -0.4 is 14.8 Å². The molecule has 0 aliphatic carbocycles. The lowest BCUT2D eigenvalue weighted by atomic mass is 10.2. The number of phenolic OH excluding ortho intramolecular Hbond substituents is 1. The first-order valence-corrected chi connectivity index (χ1v) is 5.83. The number of aromatic hydroxyl groups is 1. The van der Waals surface area contributed by atoms with Crippen LogP contribution in [0.4, 0.5) is 10.1 Å². The van der Waals surface area contributed by atoms with Crippen molar-refractivity contribution in [1.29, 1.82) is 0 Å². The van der Waals surface area contributed by atoms with E-state index < -0.39 is 5.82 Å². The number of rotatable bonds is 3. The molecule has 1 heterocycles. The summed E-state index contributed by atoms with van der Waals surface area (Å²) in [5.41, 5.74) is 1.60. The average Bonchev–Trinajstić information content (AvgIpc) is 2.87. The zero-order chi connectivity index (χ0) is 13.2. The van der Waals surface area contributed by atoms with Gasteiger partial charge in [-0.3, -0.25) is 0 Å². The van der Waals surface area contributed by atoms with Gasteiger partial charge in [0.2, 0.25) is 6.79 Å². The molecule has 2 aromatic carbocycles. The van der Waals surface area contributed by atoms with Gasteiger partial charge in [0.05, 0.1) is 0 Å².